The van der Waals surface area contributed by atoms with Crippen LogP contribution in [0.5, 0.6) is 0 Å². The van der Waals surface area contributed by atoms with Crippen LogP contribution < -0.4 is 5.32 Å². The Hall–Kier alpha value is -1.40. The lowest BCUT2D eigenvalue weighted by atomic mass is 9.89. The van der Waals surface area contributed by atoms with E-state index in [2.05, 4.69) is 45.6 Å². The second-order valence-electron chi connectivity index (χ2n) is 5.09. The first kappa shape index (κ1) is 13.0. The Bertz CT molecular complexity index is 503. The van der Waals surface area contributed by atoms with Gasteiger partial charge in [0.1, 0.15) is 0 Å². The molecule has 0 bridgehead atoms. The summed E-state index contributed by atoms with van der Waals surface area (Å²) in [6.45, 7) is 6.41. The smallest absolute Gasteiger partial charge is 0.0893 e. The van der Waals surface area contributed by atoms with Crippen molar-refractivity contribution >= 4 is 11.5 Å². The van der Waals surface area contributed by atoms with E-state index < -0.39 is 0 Å². The van der Waals surface area contributed by atoms with Gasteiger partial charge in [0, 0.05) is 17.8 Å². The second-order valence-corrected chi connectivity index (χ2v) is 5.87. The Morgan fingerprint density at radius 2 is 2.06 bits per heavy atom. The van der Waals surface area contributed by atoms with Crippen LogP contribution in [0, 0.1) is 0 Å². The molecule has 0 spiro atoms. The third kappa shape index (κ3) is 2.54. The van der Waals surface area contributed by atoms with Crippen LogP contribution in [0.1, 0.15) is 43.1 Å². The van der Waals surface area contributed by atoms with Gasteiger partial charge < -0.3 is 5.32 Å². The summed E-state index contributed by atoms with van der Waals surface area (Å²) in [6, 6.07) is -0.00655. The molecule has 1 unspecified atom stereocenters. The van der Waals surface area contributed by atoms with E-state index in [1.165, 1.54) is 11.5 Å². The third-order valence-electron chi connectivity index (χ3n) is 2.65. The largest absolute Gasteiger partial charge is 0.307 e. The molecule has 18 heavy (non-hydrogen) atoms. The Labute approximate surface area is 111 Å². The minimum absolute atomic E-state index is 0.00655. The maximum atomic E-state index is 4.36. The molecule has 5 nitrogen and oxygen atoms in total. The van der Waals surface area contributed by atoms with Crippen molar-refractivity contribution in [3.05, 3.63) is 34.9 Å². The van der Waals surface area contributed by atoms with Crippen molar-refractivity contribution in [1.82, 2.24) is 24.9 Å². The monoisotopic (exact) mass is 263 g/mol. The predicted molar refractivity (Wildman–Crippen MR) is 71.5 cm³/mol. The van der Waals surface area contributed by atoms with Crippen LogP contribution in [0.3, 0.4) is 0 Å². The summed E-state index contributed by atoms with van der Waals surface area (Å²) in [6.07, 6.45) is 5.14. The molecule has 0 saturated carbocycles. The molecule has 0 aliphatic heterocycles. The lowest BCUT2D eigenvalue weighted by Crippen LogP contribution is -2.23. The van der Waals surface area contributed by atoms with Gasteiger partial charge >= 0.3 is 0 Å². The molecule has 2 aromatic heterocycles. The van der Waals surface area contributed by atoms with Gasteiger partial charge in [-0.2, -0.15) is 0 Å². The number of nitrogens with zero attached hydrogens (tertiary/aromatic N) is 4. The van der Waals surface area contributed by atoms with E-state index in [-0.39, 0.29) is 11.5 Å². The molecule has 0 aliphatic carbocycles. The molecule has 0 fully saturated rings. The van der Waals surface area contributed by atoms with Gasteiger partial charge in [0.2, 0.25) is 0 Å². The Kier molecular flexibility index (Phi) is 3.68. The van der Waals surface area contributed by atoms with Gasteiger partial charge in [0.15, 0.2) is 0 Å². The maximum absolute atomic E-state index is 4.36. The normalized spacial score (nSPS) is 13.6. The van der Waals surface area contributed by atoms with Crippen LogP contribution in [-0.4, -0.2) is 26.6 Å². The van der Waals surface area contributed by atoms with E-state index in [9.17, 15) is 0 Å². The van der Waals surface area contributed by atoms with E-state index >= 15 is 0 Å². The molecule has 0 aliphatic rings. The summed E-state index contributed by atoms with van der Waals surface area (Å²) >= 11 is 1.41. The Morgan fingerprint density at radius 1 is 1.28 bits per heavy atom. The van der Waals surface area contributed by atoms with Gasteiger partial charge in [-0.25, -0.2) is 0 Å². The van der Waals surface area contributed by atoms with E-state index in [1.807, 2.05) is 7.05 Å². The zero-order chi connectivity index (χ0) is 13.2. The molecule has 6 heteroatoms. The van der Waals surface area contributed by atoms with Gasteiger partial charge in [-0.05, 0) is 18.6 Å². The van der Waals surface area contributed by atoms with Gasteiger partial charge in [-0.1, -0.05) is 25.3 Å². The molecule has 0 amide bonds. The Morgan fingerprint density at radius 3 is 2.61 bits per heavy atom. The highest BCUT2D eigenvalue weighted by molar-refractivity contribution is 7.05. The van der Waals surface area contributed by atoms with Gasteiger partial charge in [-0.3, -0.25) is 9.97 Å². The first-order chi connectivity index (χ1) is 8.54. The van der Waals surface area contributed by atoms with Crippen molar-refractivity contribution in [2.45, 2.75) is 32.2 Å². The van der Waals surface area contributed by atoms with Gasteiger partial charge in [-0.15, -0.1) is 5.10 Å². The highest BCUT2D eigenvalue weighted by Crippen LogP contribution is 2.32. The van der Waals surface area contributed by atoms with Crippen molar-refractivity contribution in [3.63, 3.8) is 0 Å². The number of hydrogen-bond donors (Lipinski definition) is 1. The summed E-state index contributed by atoms with van der Waals surface area (Å²) in [5.41, 5.74) is 1.87. The lowest BCUT2D eigenvalue weighted by molar-refractivity contribution is 0.547. The second kappa shape index (κ2) is 5.07. The molecule has 0 saturated heterocycles. The van der Waals surface area contributed by atoms with Crippen LogP contribution >= 0.6 is 11.5 Å². The number of nitrogens with one attached hydrogen (secondary N) is 1. The zero-order valence-electron chi connectivity index (χ0n) is 11.0. The van der Waals surface area contributed by atoms with Crippen molar-refractivity contribution in [1.29, 1.82) is 0 Å². The summed E-state index contributed by atoms with van der Waals surface area (Å²) in [4.78, 5) is 9.57. The SMILES string of the molecule is CNC(c1cnccn1)c1snnc1C(C)(C)C. The first-order valence-electron chi connectivity index (χ1n) is 5.80. The fourth-order valence-corrected chi connectivity index (χ4v) is 2.77. The summed E-state index contributed by atoms with van der Waals surface area (Å²) in [5.74, 6) is 0. The highest BCUT2D eigenvalue weighted by Gasteiger charge is 2.28. The molecule has 1 atom stereocenters. The summed E-state index contributed by atoms with van der Waals surface area (Å²) in [5, 5.41) is 7.52. The minimum Gasteiger partial charge on any atom is -0.307 e. The fourth-order valence-electron chi connectivity index (χ4n) is 1.78. The molecule has 2 rings (SSSR count). The molecule has 96 valence electrons. The molecule has 2 aromatic rings. The van der Waals surface area contributed by atoms with Crippen molar-refractivity contribution in [3.8, 4) is 0 Å². The molecule has 0 aromatic carbocycles. The van der Waals surface area contributed by atoms with Crippen LogP contribution in [0.4, 0.5) is 0 Å². The minimum atomic E-state index is -0.0281. The molecule has 1 N–H and O–H groups in total. The summed E-state index contributed by atoms with van der Waals surface area (Å²) < 4.78 is 4.09. The first-order valence-corrected chi connectivity index (χ1v) is 6.57. The van der Waals surface area contributed by atoms with E-state index in [1.54, 1.807) is 18.6 Å². The van der Waals surface area contributed by atoms with E-state index in [0.29, 0.717) is 0 Å². The van der Waals surface area contributed by atoms with Crippen molar-refractivity contribution in [2.24, 2.45) is 0 Å². The van der Waals surface area contributed by atoms with Crippen molar-refractivity contribution in [2.75, 3.05) is 7.05 Å². The third-order valence-corrected chi connectivity index (χ3v) is 3.44. The lowest BCUT2D eigenvalue weighted by Gasteiger charge is -2.20. The standard InChI is InChI=1S/C12H17N5S/c1-12(2,3)11-10(18-17-16-11)9(13-4)8-7-14-5-6-15-8/h5-7,9,13H,1-4H3. The number of rotatable bonds is 3. The van der Waals surface area contributed by atoms with Crippen LogP contribution in [0.15, 0.2) is 18.6 Å². The molecular weight excluding hydrogens is 246 g/mol. The average Bonchev–Trinajstić information content (AvgIpc) is 2.80. The topological polar surface area (TPSA) is 63.6 Å². The van der Waals surface area contributed by atoms with Gasteiger partial charge in [0.25, 0.3) is 0 Å². The quantitative estimate of drug-likeness (QED) is 0.916. The van der Waals surface area contributed by atoms with Gasteiger partial charge in [0.05, 0.1) is 28.5 Å². The number of hydrogen-bond acceptors (Lipinski definition) is 6. The highest BCUT2D eigenvalue weighted by atomic mass is 32.1. The van der Waals surface area contributed by atoms with Crippen molar-refractivity contribution < 1.29 is 0 Å². The number of aromatic nitrogens is 4. The average molecular weight is 263 g/mol. The van der Waals surface area contributed by atoms with Crippen LogP contribution in [-0.2, 0) is 5.41 Å². The molecule has 0 radical (unpaired) electrons. The fraction of sp³-hybridized carbons (Fsp3) is 0.500. The summed E-state index contributed by atoms with van der Waals surface area (Å²) in [7, 11) is 1.91. The zero-order valence-corrected chi connectivity index (χ0v) is 11.8. The van der Waals surface area contributed by atoms with E-state index in [4.69, 9.17) is 0 Å². The molecule has 2 heterocycles. The maximum Gasteiger partial charge on any atom is 0.0893 e. The Balaban J connectivity index is 2.44. The molecular formula is C12H17N5S. The predicted octanol–water partition coefficient (Wildman–Crippen LogP) is 1.93. The van der Waals surface area contributed by atoms with Crippen LogP contribution in [0.2, 0.25) is 0 Å². The van der Waals surface area contributed by atoms with Crippen LogP contribution in [0.25, 0.3) is 0 Å². The van der Waals surface area contributed by atoms with E-state index in [0.717, 1.165) is 16.3 Å².